The lowest BCUT2D eigenvalue weighted by atomic mass is 10.1. The number of morpholine rings is 1. The molecule has 14 heavy (non-hydrogen) atoms. The van der Waals surface area contributed by atoms with Crippen molar-refractivity contribution in [1.82, 2.24) is 4.90 Å². The van der Waals surface area contributed by atoms with Gasteiger partial charge in [-0.25, -0.2) is 0 Å². The molecule has 0 bridgehead atoms. The fraction of sp³-hybridized carbons (Fsp3) is 0.778. The predicted octanol–water partition coefficient (Wildman–Crippen LogP) is 1.35. The van der Waals surface area contributed by atoms with E-state index in [9.17, 15) is 0 Å². The summed E-state index contributed by atoms with van der Waals surface area (Å²) in [7, 11) is 0. The second-order valence-corrected chi connectivity index (χ2v) is 4.53. The maximum Gasteiger partial charge on any atom is 0.104 e. The van der Waals surface area contributed by atoms with Crippen molar-refractivity contribution in [3.8, 4) is 0 Å². The van der Waals surface area contributed by atoms with E-state index in [1.54, 1.807) is 6.08 Å². The third-order valence-electron chi connectivity index (χ3n) is 2.27. The van der Waals surface area contributed by atoms with Gasteiger partial charge < -0.3 is 10.5 Å². The summed E-state index contributed by atoms with van der Waals surface area (Å²) in [6, 6.07) is 0.0632. The molecule has 0 spiro atoms. The van der Waals surface area contributed by atoms with Gasteiger partial charge in [-0.2, -0.15) is 0 Å². The molecule has 0 aliphatic carbocycles. The molecule has 2 N–H and O–H groups in total. The number of nitrogens with two attached hydrogens (primary N) is 1. The van der Waals surface area contributed by atoms with Crippen LogP contribution in [0.1, 0.15) is 6.92 Å². The Hall–Kier alpha value is 0.200. The Morgan fingerprint density at radius 3 is 3.00 bits per heavy atom. The lowest BCUT2D eigenvalue weighted by molar-refractivity contribution is -0.0339. The molecule has 1 fully saturated rings. The molecule has 0 saturated carbocycles. The molecule has 3 nitrogen and oxygen atoms in total. The zero-order chi connectivity index (χ0) is 10.6. The number of ether oxygens (including phenoxy) is 1. The molecule has 2 atom stereocenters. The van der Waals surface area contributed by atoms with E-state index in [1.807, 2.05) is 6.92 Å². The highest BCUT2D eigenvalue weighted by molar-refractivity contribution is 6.55. The molecule has 0 amide bonds. The van der Waals surface area contributed by atoms with Gasteiger partial charge in [-0.1, -0.05) is 23.2 Å². The summed E-state index contributed by atoms with van der Waals surface area (Å²) >= 11 is 11.1. The van der Waals surface area contributed by atoms with Crippen molar-refractivity contribution < 1.29 is 4.74 Å². The third kappa shape index (κ3) is 4.15. The smallest absolute Gasteiger partial charge is 0.104 e. The maximum atomic E-state index is 5.77. The van der Waals surface area contributed by atoms with Gasteiger partial charge in [0.05, 0.1) is 12.7 Å². The second kappa shape index (κ2) is 5.93. The Morgan fingerprint density at radius 1 is 1.71 bits per heavy atom. The molecule has 2 unspecified atom stereocenters. The molecule has 82 valence electrons. The van der Waals surface area contributed by atoms with Crippen LogP contribution in [0.5, 0.6) is 0 Å². The molecule has 0 aromatic rings. The van der Waals surface area contributed by atoms with Gasteiger partial charge in [-0.15, -0.1) is 0 Å². The van der Waals surface area contributed by atoms with Gasteiger partial charge >= 0.3 is 0 Å². The Morgan fingerprint density at radius 2 is 2.43 bits per heavy atom. The minimum Gasteiger partial charge on any atom is -0.374 e. The van der Waals surface area contributed by atoms with E-state index in [-0.39, 0.29) is 12.1 Å². The van der Waals surface area contributed by atoms with Crippen molar-refractivity contribution in [1.29, 1.82) is 0 Å². The molecule has 0 aromatic heterocycles. The zero-order valence-electron chi connectivity index (χ0n) is 8.25. The van der Waals surface area contributed by atoms with Gasteiger partial charge in [0.2, 0.25) is 0 Å². The first-order valence-corrected chi connectivity index (χ1v) is 5.46. The van der Waals surface area contributed by atoms with E-state index < -0.39 is 0 Å². The number of rotatable bonds is 3. The van der Waals surface area contributed by atoms with Crippen LogP contribution in [-0.4, -0.2) is 43.3 Å². The van der Waals surface area contributed by atoms with E-state index in [1.165, 1.54) is 0 Å². The predicted molar refractivity (Wildman–Crippen MR) is 59.6 cm³/mol. The van der Waals surface area contributed by atoms with Crippen molar-refractivity contribution in [3.05, 3.63) is 10.6 Å². The van der Waals surface area contributed by atoms with Crippen LogP contribution in [0.4, 0.5) is 0 Å². The Balaban J connectivity index is 2.36. The summed E-state index contributed by atoms with van der Waals surface area (Å²) in [6.07, 6.45) is 1.90. The van der Waals surface area contributed by atoms with Crippen LogP contribution in [0.3, 0.4) is 0 Å². The highest BCUT2D eigenvalue weighted by Crippen LogP contribution is 2.10. The van der Waals surface area contributed by atoms with Crippen LogP contribution in [0.2, 0.25) is 0 Å². The van der Waals surface area contributed by atoms with Crippen molar-refractivity contribution in [2.45, 2.75) is 19.1 Å². The molecule has 1 rings (SSSR count). The summed E-state index contributed by atoms with van der Waals surface area (Å²) in [6.45, 7) is 5.18. The lowest BCUT2D eigenvalue weighted by Crippen LogP contribution is -2.49. The second-order valence-electron chi connectivity index (χ2n) is 3.52. The molecule has 5 heteroatoms. The summed E-state index contributed by atoms with van der Waals surface area (Å²) < 4.78 is 5.84. The number of hydrogen-bond acceptors (Lipinski definition) is 3. The fourth-order valence-corrected chi connectivity index (χ4v) is 1.55. The molecule has 0 aromatic carbocycles. The normalized spacial score (nSPS) is 25.9. The summed E-state index contributed by atoms with van der Waals surface area (Å²) in [5.74, 6) is 0. The van der Waals surface area contributed by atoms with E-state index in [4.69, 9.17) is 33.7 Å². The molecular weight excluding hydrogens is 223 g/mol. The first-order valence-electron chi connectivity index (χ1n) is 4.70. The summed E-state index contributed by atoms with van der Waals surface area (Å²) in [4.78, 5) is 2.22. The number of hydrogen-bond donors (Lipinski definition) is 1. The summed E-state index contributed by atoms with van der Waals surface area (Å²) in [5.41, 5.74) is 5.77. The van der Waals surface area contributed by atoms with Crippen molar-refractivity contribution >= 4 is 23.2 Å². The maximum absolute atomic E-state index is 5.77. The topological polar surface area (TPSA) is 38.5 Å². The van der Waals surface area contributed by atoms with Gasteiger partial charge in [-0.3, -0.25) is 4.90 Å². The minimum atomic E-state index is 0.0632. The first-order chi connectivity index (χ1) is 6.59. The van der Waals surface area contributed by atoms with E-state index in [2.05, 4.69) is 4.90 Å². The summed E-state index contributed by atoms with van der Waals surface area (Å²) in [5, 5.41) is 0. The molecule has 1 saturated heterocycles. The van der Waals surface area contributed by atoms with Crippen LogP contribution in [0, 0.1) is 0 Å². The largest absolute Gasteiger partial charge is 0.374 e. The van der Waals surface area contributed by atoms with Gasteiger partial charge in [0, 0.05) is 25.7 Å². The average Bonchev–Trinajstić information content (AvgIpc) is 2.15. The quantitative estimate of drug-likeness (QED) is 0.808. The zero-order valence-corrected chi connectivity index (χ0v) is 9.76. The van der Waals surface area contributed by atoms with Crippen LogP contribution < -0.4 is 5.73 Å². The van der Waals surface area contributed by atoms with Crippen molar-refractivity contribution in [2.75, 3.05) is 26.2 Å². The Bertz CT molecular complexity index is 205. The van der Waals surface area contributed by atoms with E-state index in [0.717, 1.165) is 26.2 Å². The Labute approximate surface area is 94.8 Å². The number of halogens is 2. The SMILES string of the molecule is CC(N)C1CN(CC=C(Cl)Cl)CCO1. The van der Waals surface area contributed by atoms with Gasteiger partial charge in [-0.05, 0) is 13.0 Å². The molecule has 0 radical (unpaired) electrons. The molecule has 1 aliphatic heterocycles. The first kappa shape index (κ1) is 12.3. The fourth-order valence-electron chi connectivity index (χ4n) is 1.41. The highest BCUT2D eigenvalue weighted by Gasteiger charge is 2.22. The Kier molecular flexibility index (Phi) is 5.20. The average molecular weight is 239 g/mol. The molecule has 1 aliphatic rings. The highest BCUT2D eigenvalue weighted by atomic mass is 35.5. The van der Waals surface area contributed by atoms with Gasteiger partial charge in [0.1, 0.15) is 4.49 Å². The van der Waals surface area contributed by atoms with Gasteiger partial charge in [0.25, 0.3) is 0 Å². The molecular formula is C9H16Cl2N2O. The standard InChI is InChI=1S/C9H16Cl2N2O/c1-7(12)8-6-13(4-5-14-8)3-2-9(10)11/h2,7-8H,3-6,12H2,1H3. The van der Waals surface area contributed by atoms with Crippen LogP contribution in [-0.2, 0) is 4.74 Å². The van der Waals surface area contributed by atoms with Gasteiger partial charge in [0.15, 0.2) is 0 Å². The third-order valence-corrected chi connectivity index (χ3v) is 2.58. The van der Waals surface area contributed by atoms with E-state index in [0.29, 0.717) is 4.49 Å². The van der Waals surface area contributed by atoms with E-state index >= 15 is 0 Å². The lowest BCUT2D eigenvalue weighted by Gasteiger charge is -2.34. The van der Waals surface area contributed by atoms with Crippen molar-refractivity contribution in [2.24, 2.45) is 5.73 Å². The number of nitrogens with zero attached hydrogens (tertiary/aromatic N) is 1. The molecule has 1 heterocycles. The van der Waals surface area contributed by atoms with Crippen LogP contribution in [0.15, 0.2) is 10.6 Å². The van der Waals surface area contributed by atoms with Crippen LogP contribution in [0.25, 0.3) is 0 Å². The van der Waals surface area contributed by atoms with Crippen LogP contribution >= 0.6 is 23.2 Å². The minimum absolute atomic E-state index is 0.0632. The monoisotopic (exact) mass is 238 g/mol. The van der Waals surface area contributed by atoms with Crippen molar-refractivity contribution in [3.63, 3.8) is 0 Å².